The number of carbonyl (C=O) groups excluding carboxylic acids is 1. The Balaban J connectivity index is 3.37. The number of rotatable bonds is 6. The summed E-state index contributed by atoms with van der Waals surface area (Å²) in [4.78, 5) is 28.7. The lowest BCUT2D eigenvalue weighted by atomic mass is 10.7. The molecule has 0 amide bonds. The molecule has 0 rings (SSSR count). The van der Waals surface area contributed by atoms with E-state index in [0.717, 1.165) is 0 Å². The molecule has 0 fully saturated rings. The molecule has 0 N–H and O–H groups in total. The molecule has 0 atom stereocenters. The summed E-state index contributed by atoms with van der Waals surface area (Å²) in [6, 6.07) is 0. The van der Waals surface area contributed by atoms with Gasteiger partial charge in [-0.1, -0.05) is 0 Å². The second kappa shape index (κ2) is 6.57. The fourth-order valence-electron chi connectivity index (χ4n) is 0.449. The molecule has 0 aliphatic rings. The Morgan fingerprint density at radius 1 is 1.00 bits per heavy atom. The summed E-state index contributed by atoms with van der Waals surface area (Å²) in [5.41, 5.74) is 0. The second-order valence-corrected chi connectivity index (χ2v) is 2.06. The molecule has 9 heteroatoms. The third-order valence-electron chi connectivity index (χ3n) is 0.988. The number of hydrogen-bond acceptors (Lipinski definition) is 7. The predicted molar refractivity (Wildman–Crippen MR) is 41.0 cm³/mol. The van der Waals surface area contributed by atoms with Gasteiger partial charge in [0.2, 0.25) is 13.1 Å². The van der Waals surface area contributed by atoms with Crippen molar-refractivity contribution in [3.8, 4) is 0 Å². The van der Waals surface area contributed by atoms with E-state index < -0.39 is 42.3 Å². The molecule has 0 bridgehead atoms. The van der Waals surface area contributed by atoms with Gasteiger partial charge in [0.1, 0.15) is 0 Å². The highest BCUT2D eigenvalue weighted by Crippen LogP contribution is 1.85. The van der Waals surface area contributed by atoms with Crippen molar-refractivity contribution in [2.75, 3.05) is 26.3 Å². The van der Waals surface area contributed by atoms with Gasteiger partial charge < -0.3 is 9.47 Å². The Morgan fingerprint density at radius 2 is 1.36 bits per heavy atom. The number of carbonyl (C=O) groups is 1. The van der Waals surface area contributed by atoms with Crippen LogP contribution in [0.2, 0.25) is 0 Å². The molecular formula is C5H8N2O7. The van der Waals surface area contributed by atoms with E-state index in [9.17, 15) is 25.0 Å². The molecule has 0 aliphatic carbocycles. The summed E-state index contributed by atoms with van der Waals surface area (Å²) in [5, 5.41) is 19.5. The van der Waals surface area contributed by atoms with E-state index in [1.807, 2.05) is 0 Å². The van der Waals surface area contributed by atoms with Crippen LogP contribution in [0.1, 0.15) is 0 Å². The van der Waals surface area contributed by atoms with E-state index in [1.165, 1.54) is 0 Å². The average molecular weight is 208 g/mol. The van der Waals surface area contributed by atoms with E-state index >= 15 is 0 Å². The van der Waals surface area contributed by atoms with Gasteiger partial charge in [-0.2, -0.15) is 0 Å². The predicted octanol–water partition coefficient (Wildman–Crippen LogP) is -0.307. The molecule has 9 nitrogen and oxygen atoms in total. The van der Waals surface area contributed by atoms with Crippen LogP contribution in [0.5, 0.6) is 0 Å². The highest BCUT2D eigenvalue weighted by molar-refractivity contribution is 5.59. The maximum Gasteiger partial charge on any atom is 0.508 e. The first-order valence-electron chi connectivity index (χ1n) is 3.55. The zero-order valence-electron chi connectivity index (χ0n) is 7.08. The zero-order chi connectivity index (χ0) is 11.0. The van der Waals surface area contributed by atoms with Gasteiger partial charge in [0, 0.05) is 9.85 Å². The van der Waals surface area contributed by atoms with Crippen molar-refractivity contribution in [3.05, 3.63) is 20.2 Å². The van der Waals surface area contributed by atoms with Crippen LogP contribution in [-0.4, -0.2) is 42.3 Å². The van der Waals surface area contributed by atoms with E-state index in [1.54, 1.807) is 0 Å². The lowest BCUT2D eigenvalue weighted by Gasteiger charge is -2.01. The molecular weight excluding hydrogens is 200 g/mol. The van der Waals surface area contributed by atoms with Crippen molar-refractivity contribution in [1.82, 2.24) is 0 Å². The smallest absolute Gasteiger partial charge is 0.427 e. The van der Waals surface area contributed by atoms with Crippen molar-refractivity contribution >= 4 is 6.16 Å². The number of hydrogen-bond donors (Lipinski definition) is 0. The first-order chi connectivity index (χ1) is 6.52. The minimum Gasteiger partial charge on any atom is -0.427 e. The first-order valence-corrected chi connectivity index (χ1v) is 3.55. The first kappa shape index (κ1) is 12.1. The monoisotopic (exact) mass is 208 g/mol. The van der Waals surface area contributed by atoms with Gasteiger partial charge in [0.05, 0.1) is 0 Å². The molecule has 0 aromatic rings. The molecule has 0 spiro atoms. The Hall–Kier alpha value is -1.93. The number of nitro groups is 2. The van der Waals surface area contributed by atoms with E-state index in [0.29, 0.717) is 0 Å². The maximum atomic E-state index is 10.5. The number of ether oxygens (including phenoxy) is 2. The molecule has 0 aliphatic heterocycles. The van der Waals surface area contributed by atoms with Crippen LogP contribution in [0.4, 0.5) is 4.79 Å². The Bertz CT molecular complexity index is 206. The van der Waals surface area contributed by atoms with Crippen molar-refractivity contribution in [2.24, 2.45) is 0 Å². The molecule has 80 valence electrons. The zero-order valence-corrected chi connectivity index (χ0v) is 7.08. The molecule has 14 heavy (non-hydrogen) atoms. The highest BCUT2D eigenvalue weighted by Gasteiger charge is 2.07. The Morgan fingerprint density at radius 3 is 1.64 bits per heavy atom. The molecule has 0 radical (unpaired) electrons. The molecule has 0 aromatic heterocycles. The molecule has 0 saturated heterocycles. The average Bonchev–Trinajstić information content (AvgIpc) is 2.02. The fourth-order valence-corrected chi connectivity index (χ4v) is 0.449. The van der Waals surface area contributed by atoms with Crippen LogP contribution < -0.4 is 0 Å². The lowest BCUT2D eigenvalue weighted by molar-refractivity contribution is -0.484. The largest absolute Gasteiger partial charge is 0.508 e. The van der Waals surface area contributed by atoms with Crippen molar-refractivity contribution in [1.29, 1.82) is 0 Å². The third kappa shape index (κ3) is 8.17. The topological polar surface area (TPSA) is 122 Å². The Kier molecular flexibility index (Phi) is 5.67. The molecule has 0 aromatic carbocycles. The Labute approximate surface area is 77.9 Å². The normalized spacial score (nSPS) is 9.14. The van der Waals surface area contributed by atoms with Crippen LogP contribution >= 0.6 is 0 Å². The molecule has 0 heterocycles. The SMILES string of the molecule is O=C(OCC[N+](=O)[O-])OCC[N+](=O)[O-]. The van der Waals surface area contributed by atoms with Gasteiger partial charge in [-0.3, -0.25) is 20.2 Å². The van der Waals surface area contributed by atoms with Crippen molar-refractivity contribution in [3.63, 3.8) is 0 Å². The maximum absolute atomic E-state index is 10.5. The van der Waals surface area contributed by atoms with Crippen LogP contribution in [-0.2, 0) is 9.47 Å². The summed E-state index contributed by atoms with van der Waals surface area (Å²) >= 11 is 0. The van der Waals surface area contributed by atoms with Gasteiger partial charge in [-0.15, -0.1) is 0 Å². The van der Waals surface area contributed by atoms with Gasteiger partial charge in [0.15, 0.2) is 13.2 Å². The minimum absolute atomic E-state index is 0.412. The number of nitrogens with zero attached hydrogens (tertiary/aromatic N) is 2. The summed E-state index contributed by atoms with van der Waals surface area (Å²) in [7, 11) is 0. The third-order valence-corrected chi connectivity index (χ3v) is 0.988. The summed E-state index contributed by atoms with van der Waals surface area (Å²) in [6.07, 6.45) is -1.14. The summed E-state index contributed by atoms with van der Waals surface area (Å²) in [6.45, 7) is -1.87. The van der Waals surface area contributed by atoms with E-state index in [2.05, 4.69) is 9.47 Å². The molecule has 0 unspecified atom stereocenters. The second-order valence-electron chi connectivity index (χ2n) is 2.06. The van der Waals surface area contributed by atoms with E-state index in [-0.39, 0.29) is 0 Å². The van der Waals surface area contributed by atoms with Gasteiger partial charge in [-0.05, 0) is 0 Å². The van der Waals surface area contributed by atoms with Crippen LogP contribution in [0, 0.1) is 20.2 Å². The highest BCUT2D eigenvalue weighted by atomic mass is 16.7. The lowest BCUT2D eigenvalue weighted by Crippen LogP contribution is -2.17. The standard InChI is InChI=1S/C5H8N2O7/c8-5(13-3-1-6(9)10)14-4-2-7(11)12/h1-4H2. The van der Waals surface area contributed by atoms with Crippen molar-refractivity contribution in [2.45, 2.75) is 0 Å². The fraction of sp³-hybridized carbons (Fsp3) is 0.800. The van der Waals surface area contributed by atoms with Gasteiger partial charge in [-0.25, -0.2) is 4.79 Å². The molecule has 0 saturated carbocycles. The summed E-state index contributed by atoms with van der Waals surface area (Å²) < 4.78 is 8.42. The van der Waals surface area contributed by atoms with Gasteiger partial charge >= 0.3 is 6.16 Å². The van der Waals surface area contributed by atoms with E-state index in [4.69, 9.17) is 0 Å². The summed E-state index contributed by atoms with van der Waals surface area (Å²) in [5.74, 6) is 0. The van der Waals surface area contributed by atoms with Gasteiger partial charge in [0.25, 0.3) is 0 Å². The van der Waals surface area contributed by atoms with Crippen molar-refractivity contribution < 1.29 is 24.1 Å². The minimum atomic E-state index is -1.14. The van der Waals surface area contributed by atoms with Crippen LogP contribution in [0.3, 0.4) is 0 Å². The van der Waals surface area contributed by atoms with Crippen LogP contribution in [0.25, 0.3) is 0 Å². The quantitative estimate of drug-likeness (QED) is 0.333. The van der Waals surface area contributed by atoms with Crippen LogP contribution in [0.15, 0.2) is 0 Å².